The number of nitrogens with one attached hydrogen (secondary N) is 1. The number of benzene rings is 1. The van der Waals surface area contributed by atoms with Gasteiger partial charge in [-0.05, 0) is 52.2 Å². The second-order valence-electron chi connectivity index (χ2n) is 6.70. The molecule has 0 spiro atoms. The van der Waals surface area contributed by atoms with Crippen LogP contribution in [0, 0.1) is 0 Å². The zero-order valence-electron chi connectivity index (χ0n) is 14.2. The molecule has 128 valence electrons. The van der Waals surface area contributed by atoms with Crippen molar-refractivity contribution in [3.05, 3.63) is 35.4 Å². The van der Waals surface area contributed by atoms with Gasteiger partial charge in [0.1, 0.15) is 0 Å². The summed E-state index contributed by atoms with van der Waals surface area (Å²) in [5.41, 5.74) is 2.03. The number of sulfonamides is 1. The molecule has 1 heterocycles. The first-order valence-corrected chi connectivity index (χ1v) is 9.67. The van der Waals surface area contributed by atoms with Gasteiger partial charge in [0.05, 0.1) is 5.25 Å². The van der Waals surface area contributed by atoms with Crippen molar-refractivity contribution in [1.82, 2.24) is 9.62 Å². The Morgan fingerprint density at radius 3 is 2.22 bits per heavy atom. The van der Waals surface area contributed by atoms with Gasteiger partial charge in [-0.25, -0.2) is 13.1 Å². The van der Waals surface area contributed by atoms with E-state index in [0.717, 1.165) is 30.5 Å². The summed E-state index contributed by atoms with van der Waals surface area (Å²) in [6.07, 6.45) is 1.67. The molecule has 1 aromatic rings. The summed E-state index contributed by atoms with van der Waals surface area (Å²) in [6.45, 7) is 8.53. The zero-order valence-corrected chi connectivity index (χ0v) is 15.1. The van der Waals surface area contributed by atoms with E-state index in [0.29, 0.717) is 6.04 Å². The minimum absolute atomic E-state index is 0.0330. The summed E-state index contributed by atoms with van der Waals surface area (Å²) in [5.74, 6) is 0.172. The van der Waals surface area contributed by atoms with Gasteiger partial charge in [-0.15, -0.1) is 0 Å². The van der Waals surface area contributed by atoms with Crippen LogP contribution in [-0.2, 0) is 16.6 Å². The average Bonchev–Trinajstić information content (AvgIpc) is 3.24. The van der Waals surface area contributed by atoms with Gasteiger partial charge in [-0.1, -0.05) is 18.2 Å². The lowest BCUT2D eigenvalue weighted by atomic mass is 10.1. The predicted octanol–water partition coefficient (Wildman–Crippen LogP) is 2.53. The molecule has 0 unspecified atom stereocenters. The summed E-state index contributed by atoms with van der Waals surface area (Å²) in [6, 6.07) is 8.15. The molecule has 1 N–H and O–H groups in total. The quantitative estimate of drug-likeness (QED) is 0.917. The van der Waals surface area contributed by atoms with Gasteiger partial charge in [0, 0.05) is 24.2 Å². The minimum atomic E-state index is -2.94. The molecule has 23 heavy (non-hydrogen) atoms. The SMILES string of the molecule is CC(C)N1Cc2ccccc2C1=O.CC(C)NS(=O)(=O)C1CC1. The maximum atomic E-state index is 11.8. The summed E-state index contributed by atoms with van der Waals surface area (Å²) in [4.78, 5) is 13.7. The monoisotopic (exact) mass is 338 g/mol. The highest BCUT2D eigenvalue weighted by Gasteiger charge is 2.35. The van der Waals surface area contributed by atoms with Crippen molar-refractivity contribution < 1.29 is 13.2 Å². The second-order valence-corrected chi connectivity index (χ2v) is 8.69. The van der Waals surface area contributed by atoms with E-state index in [-0.39, 0.29) is 17.2 Å². The van der Waals surface area contributed by atoms with E-state index in [4.69, 9.17) is 0 Å². The van der Waals surface area contributed by atoms with Crippen molar-refractivity contribution in [3.63, 3.8) is 0 Å². The molecule has 3 rings (SSSR count). The van der Waals surface area contributed by atoms with Crippen LogP contribution in [0.4, 0.5) is 0 Å². The number of carbonyl (C=O) groups is 1. The van der Waals surface area contributed by atoms with Crippen molar-refractivity contribution in [1.29, 1.82) is 0 Å². The largest absolute Gasteiger partial charge is 0.332 e. The third-order valence-electron chi connectivity index (χ3n) is 3.84. The van der Waals surface area contributed by atoms with Crippen LogP contribution in [0.2, 0.25) is 0 Å². The van der Waals surface area contributed by atoms with E-state index < -0.39 is 10.0 Å². The topological polar surface area (TPSA) is 66.5 Å². The van der Waals surface area contributed by atoms with Gasteiger partial charge >= 0.3 is 0 Å². The van der Waals surface area contributed by atoms with E-state index >= 15 is 0 Å². The molecule has 1 aliphatic carbocycles. The number of hydrogen-bond acceptors (Lipinski definition) is 3. The summed E-state index contributed by atoms with van der Waals surface area (Å²) in [7, 11) is -2.94. The highest BCUT2D eigenvalue weighted by Crippen LogP contribution is 2.27. The molecule has 1 amide bonds. The van der Waals surface area contributed by atoms with Crippen LogP contribution in [0.3, 0.4) is 0 Å². The van der Waals surface area contributed by atoms with Crippen molar-refractivity contribution in [2.45, 2.75) is 64.4 Å². The Kier molecular flexibility index (Phi) is 5.47. The van der Waals surface area contributed by atoms with E-state index in [1.165, 1.54) is 0 Å². The van der Waals surface area contributed by atoms with Crippen molar-refractivity contribution in [3.8, 4) is 0 Å². The fraction of sp³-hybridized carbons (Fsp3) is 0.588. The molecule has 2 aliphatic rings. The van der Waals surface area contributed by atoms with Gasteiger partial charge in [-0.3, -0.25) is 4.79 Å². The van der Waals surface area contributed by atoms with Crippen LogP contribution >= 0.6 is 0 Å². The first-order chi connectivity index (χ1) is 10.7. The molecule has 0 saturated heterocycles. The van der Waals surface area contributed by atoms with E-state index in [1.807, 2.05) is 56.9 Å². The third-order valence-corrected chi connectivity index (χ3v) is 5.98. The first-order valence-electron chi connectivity index (χ1n) is 8.12. The summed E-state index contributed by atoms with van der Waals surface area (Å²) in [5, 5.41) is -0.0881. The molecule has 5 nitrogen and oxygen atoms in total. The lowest BCUT2D eigenvalue weighted by Crippen LogP contribution is -2.32. The van der Waals surface area contributed by atoms with Crippen LogP contribution < -0.4 is 4.72 Å². The second kappa shape index (κ2) is 7.01. The van der Waals surface area contributed by atoms with Crippen LogP contribution in [0.15, 0.2) is 24.3 Å². The van der Waals surface area contributed by atoms with Gasteiger partial charge in [0.15, 0.2) is 0 Å². The molecule has 1 aromatic carbocycles. The van der Waals surface area contributed by atoms with Crippen LogP contribution in [0.5, 0.6) is 0 Å². The molecule has 6 heteroatoms. The number of hydrogen-bond donors (Lipinski definition) is 1. The Labute approximate surface area is 139 Å². The fourth-order valence-electron chi connectivity index (χ4n) is 2.50. The standard InChI is InChI=1S/C11H13NO.C6H13NO2S/c1-8(2)12-7-9-5-3-4-6-10(9)11(12)13;1-5(2)7-10(8,9)6-3-4-6/h3-6,8H,7H2,1-2H3;5-7H,3-4H2,1-2H3. The predicted molar refractivity (Wildman–Crippen MR) is 91.7 cm³/mol. The highest BCUT2D eigenvalue weighted by atomic mass is 32.2. The molecule has 0 bridgehead atoms. The minimum Gasteiger partial charge on any atom is -0.332 e. The Hall–Kier alpha value is -1.40. The van der Waals surface area contributed by atoms with E-state index in [2.05, 4.69) is 4.72 Å². The van der Waals surface area contributed by atoms with Gasteiger partial charge < -0.3 is 4.90 Å². The number of nitrogens with zero attached hydrogens (tertiary/aromatic N) is 1. The molecule has 0 radical (unpaired) electrons. The smallest absolute Gasteiger partial charge is 0.254 e. The van der Waals surface area contributed by atoms with Crippen LogP contribution in [0.1, 0.15) is 56.5 Å². The average molecular weight is 338 g/mol. The molecule has 0 atom stereocenters. The molecular weight excluding hydrogens is 312 g/mol. The van der Waals surface area contributed by atoms with Crippen molar-refractivity contribution in [2.24, 2.45) is 0 Å². The maximum absolute atomic E-state index is 11.8. The van der Waals surface area contributed by atoms with Gasteiger partial charge in [0.2, 0.25) is 10.0 Å². The fourth-order valence-corrected chi connectivity index (χ4v) is 4.10. The summed E-state index contributed by atoms with van der Waals surface area (Å²) >= 11 is 0. The molecule has 1 fully saturated rings. The normalized spacial score (nSPS) is 17.3. The van der Waals surface area contributed by atoms with Crippen molar-refractivity contribution >= 4 is 15.9 Å². The molecular formula is C17H26N2O3S. The summed E-state index contributed by atoms with van der Waals surface area (Å²) < 4.78 is 24.7. The number of amides is 1. The van der Waals surface area contributed by atoms with Crippen LogP contribution in [-0.4, -0.2) is 36.6 Å². The van der Waals surface area contributed by atoms with E-state index in [1.54, 1.807) is 0 Å². The molecule has 1 aliphatic heterocycles. The van der Waals surface area contributed by atoms with Gasteiger partial charge in [0.25, 0.3) is 5.91 Å². The Bertz CT molecular complexity index is 664. The van der Waals surface area contributed by atoms with E-state index in [9.17, 15) is 13.2 Å². The maximum Gasteiger partial charge on any atom is 0.254 e. The Morgan fingerprint density at radius 2 is 1.74 bits per heavy atom. The lowest BCUT2D eigenvalue weighted by molar-refractivity contribution is 0.0730. The van der Waals surface area contributed by atoms with Gasteiger partial charge in [-0.2, -0.15) is 0 Å². The van der Waals surface area contributed by atoms with Crippen LogP contribution in [0.25, 0.3) is 0 Å². The Balaban J connectivity index is 0.000000174. The molecule has 1 saturated carbocycles. The highest BCUT2D eigenvalue weighted by molar-refractivity contribution is 7.90. The zero-order chi connectivity index (χ0) is 17.2. The number of carbonyl (C=O) groups excluding carboxylic acids is 1. The lowest BCUT2D eigenvalue weighted by Gasteiger charge is -2.19. The Morgan fingerprint density at radius 1 is 1.13 bits per heavy atom. The molecule has 0 aromatic heterocycles. The number of rotatable bonds is 4. The number of fused-ring (bicyclic) bond motifs is 1. The first kappa shape index (κ1) is 17.9. The van der Waals surface area contributed by atoms with Crippen molar-refractivity contribution in [2.75, 3.05) is 0 Å². The third kappa shape index (κ3) is 4.54.